The van der Waals surface area contributed by atoms with E-state index in [1.54, 1.807) is 13.3 Å². The van der Waals surface area contributed by atoms with Crippen LogP contribution in [0.15, 0.2) is 23.3 Å². The Morgan fingerprint density at radius 1 is 1.35 bits per heavy atom. The summed E-state index contributed by atoms with van der Waals surface area (Å²) in [5.41, 5.74) is 6.32. The fourth-order valence-corrected chi connectivity index (χ4v) is 1.51. The molecule has 0 amide bonds. The largest absolute Gasteiger partial charge is 0.493 e. The molecular formula is C12H16N6O2. The zero-order chi connectivity index (χ0) is 14.5. The summed E-state index contributed by atoms with van der Waals surface area (Å²) in [4.78, 5) is 1.13. The van der Waals surface area contributed by atoms with Crippen molar-refractivity contribution >= 4 is 12.2 Å². The van der Waals surface area contributed by atoms with Crippen LogP contribution in [0.1, 0.15) is 19.4 Å². The Labute approximate surface area is 116 Å². The molecule has 0 saturated carbocycles. The van der Waals surface area contributed by atoms with Gasteiger partial charge in [-0.1, -0.05) is 9.89 Å². The van der Waals surface area contributed by atoms with E-state index in [4.69, 9.17) is 15.2 Å². The molecule has 0 unspecified atom stereocenters. The van der Waals surface area contributed by atoms with Crippen molar-refractivity contribution in [1.29, 1.82) is 0 Å². The molecule has 0 atom stereocenters. The van der Waals surface area contributed by atoms with Gasteiger partial charge >= 0.3 is 0 Å². The number of aromatic nitrogens is 4. The highest BCUT2D eigenvalue weighted by atomic mass is 16.5. The second-order valence-electron chi connectivity index (χ2n) is 4.25. The van der Waals surface area contributed by atoms with E-state index in [9.17, 15) is 0 Å². The van der Waals surface area contributed by atoms with E-state index in [0.717, 1.165) is 10.4 Å². The van der Waals surface area contributed by atoms with E-state index in [2.05, 4.69) is 20.6 Å². The molecule has 0 aliphatic heterocycles. The number of nitrogen functional groups attached to an aromatic ring is 1. The second-order valence-corrected chi connectivity index (χ2v) is 4.25. The number of benzene rings is 1. The van der Waals surface area contributed by atoms with Crippen LogP contribution < -0.4 is 15.2 Å². The lowest BCUT2D eigenvalue weighted by Crippen LogP contribution is -2.07. The van der Waals surface area contributed by atoms with Gasteiger partial charge < -0.3 is 15.2 Å². The molecule has 0 aliphatic rings. The molecule has 2 aromatic rings. The number of methoxy groups -OCH3 is 1. The monoisotopic (exact) mass is 276 g/mol. The number of hydrogen-bond acceptors (Lipinski definition) is 7. The molecule has 1 aromatic heterocycles. The van der Waals surface area contributed by atoms with Crippen molar-refractivity contribution in [3.63, 3.8) is 0 Å². The molecule has 0 spiro atoms. The number of nitrogens with zero attached hydrogens (tertiary/aromatic N) is 5. The van der Waals surface area contributed by atoms with Crippen molar-refractivity contribution < 1.29 is 9.47 Å². The van der Waals surface area contributed by atoms with Crippen molar-refractivity contribution in [3.8, 4) is 11.5 Å². The lowest BCUT2D eigenvalue weighted by Gasteiger charge is -2.13. The fourth-order valence-electron chi connectivity index (χ4n) is 1.51. The van der Waals surface area contributed by atoms with Gasteiger partial charge in [0.2, 0.25) is 0 Å². The third-order valence-electron chi connectivity index (χ3n) is 2.34. The minimum Gasteiger partial charge on any atom is -0.493 e. The van der Waals surface area contributed by atoms with E-state index < -0.39 is 0 Å². The molecule has 106 valence electrons. The van der Waals surface area contributed by atoms with Crippen LogP contribution in [0, 0.1) is 0 Å². The van der Waals surface area contributed by atoms with E-state index in [0.29, 0.717) is 11.5 Å². The number of anilines is 1. The SMILES string of the molecule is COc1cc(C=Nn2nnnc2N)ccc1OC(C)C. The predicted molar refractivity (Wildman–Crippen MR) is 74.0 cm³/mol. The number of hydrogen-bond donors (Lipinski definition) is 1. The van der Waals surface area contributed by atoms with Gasteiger partial charge in [-0.25, -0.2) is 0 Å². The first-order chi connectivity index (χ1) is 9.60. The molecule has 2 rings (SSSR count). The van der Waals surface area contributed by atoms with Crippen LogP contribution in [0.4, 0.5) is 5.95 Å². The first-order valence-electron chi connectivity index (χ1n) is 6.03. The summed E-state index contributed by atoms with van der Waals surface area (Å²) in [5, 5.41) is 14.6. The maximum Gasteiger partial charge on any atom is 0.263 e. The Balaban J connectivity index is 2.21. The topological polar surface area (TPSA) is 100 Å². The summed E-state index contributed by atoms with van der Waals surface area (Å²) in [6.45, 7) is 3.91. The van der Waals surface area contributed by atoms with Gasteiger partial charge in [-0.15, -0.1) is 0 Å². The number of tetrazole rings is 1. The van der Waals surface area contributed by atoms with Gasteiger partial charge in [0.1, 0.15) is 0 Å². The molecule has 8 nitrogen and oxygen atoms in total. The van der Waals surface area contributed by atoms with Crippen LogP contribution in [0.25, 0.3) is 0 Å². The molecule has 20 heavy (non-hydrogen) atoms. The van der Waals surface area contributed by atoms with Gasteiger partial charge in [0.15, 0.2) is 11.5 Å². The highest BCUT2D eigenvalue weighted by molar-refractivity contribution is 5.80. The smallest absolute Gasteiger partial charge is 0.263 e. The Bertz CT molecular complexity index is 608. The van der Waals surface area contributed by atoms with E-state index in [-0.39, 0.29) is 12.1 Å². The number of rotatable bonds is 5. The summed E-state index contributed by atoms with van der Waals surface area (Å²) in [6.07, 6.45) is 1.65. The second kappa shape index (κ2) is 6.00. The fraction of sp³-hybridized carbons (Fsp3) is 0.333. The van der Waals surface area contributed by atoms with E-state index >= 15 is 0 Å². The highest BCUT2D eigenvalue weighted by Gasteiger charge is 2.07. The predicted octanol–water partition coefficient (Wildman–Crippen LogP) is 0.933. The number of nitrogens with two attached hydrogens (primary N) is 1. The van der Waals surface area contributed by atoms with Crippen molar-refractivity contribution in [2.24, 2.45) is 5.10 Å². The summed E-state index contributed by atoms with van der Waals surface area (Å²) in [6, 6.07) is 5.48. The van der Waals surface area contributed by atoms with Gasteiger partial charge in [-0.3, -0.25) is 0 Å². The molecule has 1 heterocycles. The van der Waals surface area contributed by atoms with Gasteiger partial charge in [0.25, 0.3) is 5.95 Å². The average molecular weight is 276 g/mol. The van der Waals surface area contributed by atoms with Crippen LogP contribution in [0.2, 0.25) is 0 Å². The molecule has 0 fully saturated rings. The number of ether oxygens (including phenoxy) is 2. The normalized spacial score (nSPS) is 11.2. The molecule has 0 saturated heterocycles. The van der Waals surface area contributed by atoms with E-state index in [1.165, 1.54) is 0 Å². The van der Waals surface area contributed by atoms with Crippen molar-refractivity contribution in [2.45, 2.75) is 20.0 Å². The Hall–Kier alpha value is -2.64. The summed E-state index contributed by atoms with van der Waals surface area (Å²) < 4.78 is 10.9. The first-order valence-corrected chi connectivity index (χ1v) is 6.03. The lowest BCUT2D eigenvalue weighted by molar-refractivity contribution is 0.230. The van der Waals surface area contributed by atoms with E-state index in [1.807, 2.05) is 32.0 Å². The Morgan fingerprint density at radius 3 is 2.75 bits per heavy atom. The third-order valence-corrected chi connectivity index (χ3v) is 2.34. The van der Waals surface area contributed by atoms with Crippen molar-refractivity contribution in [2.75, 3.05) is 12.8 Å². The Morgan fingerprint density at radius 2 is 2.15 bits per heavy atom. The third kappa shape index (κ3) is 3.22. The average Bonchev–Trinajstić information content (AvgIpc) is 2.82. The van der Waals surface area contributed by atoms with Gasteiger partial charge in [0.05, 0.1) is 19.4 Å². The maximum atomic E-state index is 5.63. The summed E-state index contributed by atoms with van der Waals surface area (Å²) in [7, 11) is 1.59. The quantitative estimate of drug-likeness (QED) is 0.815. The van der Waals surface area contributed by atoms with Crippen LogP contribution in [-0.4, -0.2) is 39.7 Å². The Kier molecular flexibility index (Phi) is 4.14. The summed E-state index contributed by atoms with van der Waals surface area (Å²) in [5.74, 6) is 1.43. The molecule has 8 heteroatoms. The molecular weight excluding hydrogens is 260 g/mol. The van der Waals surface area contributed by atoms with Crippen LogP contribution in [0.5, 0.6) is 11.5 Å². The summed E-state index contributed by atoms with van der Waals surface area (Å²) >= 11 is 0. The van der Waals surface area contributed by atoms with Gasteiger partial charge in [0, 0.05) is 0 Å². The zero-order valence-electron chi connectivity index (χ0n) is 11.5. The van der Waals surface area contributed by atoms with Crippen molar-refractivity contribution in [3.05, 3.63) is 23.8 Å². The standard InChI is InChI=1S/C12H16N6O2/c1-8(2)20-10-5-4-9(6-11(10)19-3)7-14-18-12(13)15-16-17-18/h4-8H,1-3H3,(H2,13,15,17). The van der Waals surface area contributed by atoms with Crippen molar-refractivity contribution in [1.82, 2.24) is 20.3 Å². The molecule has 1 aromatic carbocycles. The molecule has 2 N–H and O–H groups in total. The van der Waals surface area contributed by atoms with Crippen LogP contribution in [0.3, 0.4) is 0 Å². The highest BCUT2D eigenvalue weighted by Crippen LogP contribution is 2.28. The molecule has 0 bridgehead atoms. The molecule has 0 aliphatic carbocycles. The first kappa shape index (κ1) is 13.8. The van der Waals surface area contributed by atoms with Crippen LogP contribution in [-0.2, 0) is 0 Å². The van der Waals surface area contributed by atoms with Crippen LogP contribution >= 0.6 is 0 Å². The molecule has 0 radical (unpaired) electrons. The van der Waals surface area contributed by atoms with Gasteiger partial charge in [-0.05, 0) is 48.0 Å². The van der Waals surface area contributed by atoms with Gasteiger partial charge in [-0.2, -0.15) is 5.10 Å². The minimum atomic E-state index is 0.0736. The minimum absolute atomic E-state index is 0.0736. The zero-order valence-corrected chi connectivity index (χ0v) is 11.5. The maximum absolute atomic E-state index is 5.63. The lowest BCUT2D eigenvalue weighted by atomic mass is 10.2.